The Hall–Kier alpha value is -2.88. The molecule has 1 aliphatic rings. The lowest BCUT2D eigenvalue weighted by Crippen LogP contribution is -2.51. The summed E-state index contributed by atoms with van der Waals surface area (Å²) in [5.41, 5.74) is -6.14. The van der Waals surface area contributed by atoms with Crippen LogP contribution in [0.2, 0.25) is 0 Å². The zero-order valence-corrected chi connectivity index (χ0v) is 18.9. The molecule has 182 valence electrons. The van der Waals surface area contributed by atoms with E-state index in [0.29, 0.717) is 18.9 Å². The number of nitrogens with one attached hydrogen (secondary N) is 1. The van der Waals surface area contributed by atoms with Crippen molar-refractivity contribution in [2.75, 3.05) is 6.54 Å². The molecule has 13 heteroatoms. The van der Waals surface area contributed by atoms with Gasteiger partial charge in [-0.1, -0.05) is 6.07 Å². The average Bonchev–Trinajstić information content (AvgIpc) is 3.15. The van der Waals surface area contributed by atoms with Crippen LogP contribution in [0.1, 0.15) is 39.2 Å². The predicted octanol–water partition coefficient (Wildman–Crippen LogP) is 3.34. The Labute approximate surface area is 190 Å². The summed E-state index contributed by atoms with van der Waals surface area (Å²) in [4.78, 5) is 26.6. The van der Waals surface area contributed by atoms with Gasteiger partial charge in [0.25, 0.3) is 0 Å². The van der Waals surface area contributed by atoms with Gasteiger partial charge in [-0.25, -0.2) is 13.4 Å². The van der Waals surface area contributed by atoms with E-state index in [1.165, 1.54) is 4.90 Å². The summed E-state index contributed by atoms with van der Waals surface area (Å²) in [6.07, 6.45) is -0.270. The Kier molecular flexibility index (Phi) is 8.29. The number of carbonyl (C=O) groups excluding carboxylic acids is 2. The summed E-state index contributed by atoms with van der Waals surface area (Å²) in [5, 5.41) is 11.6. The maximum Gasteiger partial charge on any atom is 0.508 e. The number of halogens is 4. The van der Waals surface area contributed by atoms with Gasteiger partial charge in [-0.05, 0) is 45.2 Å². The monoisotopic (exact) mass is 493 g/mol. The van der Waals surface area contributed by atoms with Crippen LogP contribution in [-0.2, 0) is 27.0 Å². The van der Waals surface area contributed by atoms with Crippen LogP contribution >= 0.6 is 0 Å². The first-order chi connectivity index (χ1) is 15.2. The maximum atomic E-state index is 14.6. The van der Waals surface area contributed by atoms with Crippen molar-refractivity contribution in [3.63, 3.8) is 0 Å². The van der Waals surface area contributed by atoms with Crippen LogP contribution in [0.5, 0.6) is 5.75 Å². The molecule has 0 aliphatic carbocycles. The number of benzene rings is 1. The fourth-order valence-electron chi connectivity index (χ4n) is 3.11. The van der Waals surface area contributed by atoms with E-state index in [1.54, 1.807) is 20.8 Å². The lowest BCUT2D eigenvalue weighted by Gasteiger charge is -2.28. The van der Waals surface area contributed by atoms with E-state index in [2.05, 4.69) is 9.50 Å². The molecule has 1 aliphatic heterocycles. The number of carbonyl (C=O) groups is 2. The van der Waals surface area contributed by atoms with E-state index in [4.69, 9.17) is 4.74 Å². The standard InChI is InChI=1S/C20H23F4N3O5S/c1-19(2,3)31-18(29)26-16(17(28)27-8-4-5-13(27)11-25)9-12-6-7-14(10-15(12)21)32-33(30)20(22,23)24/h6-7,10,13,16H,4-5,8-9H2,1-3H3,(H,26,29)/t13-,16-,33?/m0/s1. The molecule has 0 bridgehead atoms. The molecular formula is C20H23F4N3O5S. The lowest BCUT2D eigenvalue weighted by atomic mass is 10.0. The fraction of sp³-hybridized carbons (Fsp3) is 0.550. The number of likely N-dealkylation sites (tertiary alicyclic amines) is 1. The molecule has 2 amide bonds. The fourth-order valence-corrected chi connectivity index (χ4v) is 3.49. The second kappa shape index (κ2) is 10.4. The molecule has 8 nitrogen and oxygen atoms in total. The Morgan fingerprint density at radius 2 is 2.00 bits per heavy atom. The molecule has 0 saturated carbocycles. The summed E-state index contributed by atoms with van der Waals surface area (Å²) in [5.74, 6) is -2.28. The van der Waals surface area contributed by atoms with E-state index in [1.807, 2.05) is 6.07 Å². The van der Waals surface area contributed by atoms with E-state index in [9.17, 15) is 36.6 Å². The van der Waals surface area contributed by atoms with Gasteiger partial charge in [0.05, 0.1) is 6.07 Å². The number of rotatable bonds is 6. The number of alkyl halides is 3. The minimum absolute atomic E-state index is 0.123. The molecule has 33 heavy (non-hydrogen) atoms. The van der Waals surface area contributed by atoms with Crippen molar-refractivity contribution in [1.82, 2.24) is 10.2 Å². The van der Waals surface area contributed by atoms with Crippen molar-refractivity contribution in [2.24, 2.45) is 0 Å². The maximum absolute atomic E-state index is 14.6. The normalized spacial score (nSPS) is 18.2. The highest BCUT2D eigenvalue weighted by Crippen LogP contribution is 2.26. The van der Waals surface area contributed by atoms with Crippen LogP contribution in [0, 0.1) is 17.1 Å². The second-order valence-electron chi connectivity index (χ2n) is 8.24. The summed E-state index contributed by atoms with van der Waals surface area (Å²) in [7, 11) is 0. The van der Waals surface area contributed by atoms with Crippen molar-refractivity contribution in [3.05, 3.63) is 29.6 Å². The Balaban J connectivity index is 2.24. The van der Waals surface area contributed by atoms with Crippen LogP contribution in [0.15, 0.2) is 18.2 Å². The van der Waals surface area contributed by atoms with Crippen LogP contribution in [0.25, 0.3) is 0 Å². The van der Waals surface area contributed by atoms with Gasteiger partial charge in [0, 0.05) is 19.0 Å². The van der Waals surface area contributed by atoms with E-state index >= 15 is 0 Å². The Morgan fingerprint density at radius 1 is 1.33 bits per heavy atom. The topological polar surface area (TPSA) is 109 Å². The molecule has 0 spiro atoms. The van der Waals surface area contributed by atoms with Gasteiger partial charge < -0.3 is 19.1 Å². The minimum atomic E-state index is -5.14. The first-order valence-corrected chi connectivity index (χ1v) is 10.9. The number of alkyl carbamates (subject to hydrolysis) is 1. The summed E-state index contributed by atoms with van der Waals surface area (Å²) >= 11 is -3.68. The van der Waals surface area contributed by atoms with Crippen molar-refractivity contribution < 1.29 is 40.3 Å². The lowest BCUT2D eigenvalue weighted by molar-refractivity contribution is -0.133. The Bertz CT molecular complexity index is 958. The van der Waals surface area contributed by atoms with Crippen LogP contribution in [0.3, 0.4) is 0 Å². The van der Waals surface area contributed by atoms with Crippen molar-refractivity contribution in [2.45, 2.75) is 63.2 Å². The molecular weight excluding hydrogens is 470 g/mol. The van der Waals surface area contributed by atoms with Crippen molar-refractivity contribution >= 4 is 23.1 Å². The van der Waals surface area contributed by atoms with Crippen molar-refractivity contribution in [3.8, 4) is 11.8 Å². The summed E-state index contributed by atoms with van der Waals surface area (Å²) in [6.45, 7) is 5.11. The van der Waals surface area contributed by atoms with Gasteiger partial charge in [-0.2, -0.15) is 18.4 Å². The average molecular weight is 493 g/mol. The first-order valence-electron chi connectivity index (χ1n) is 9.86. The summed E-state index contributed by atoms with van der Waals surface area (Å²) in [6, 6.07) is 2.62. The highest BCUT2D eigenvalue weighted by atomic mass is 32.2. The molecule has 1 N–H and O–H groups in total. The molecule has 1 fully saturated rings. The van der Waals surface area contributed by atoms with Gasteiger partial charge in [-0.15, -0.1) is 0 Å². The molecule has 1 heterocycles. The van der Waals surface area contributed by atoms with Gasteiger partial charge in [0.2, 0.25) is 5.91 Å². The second-order valence-corrected chi connectivity index (χ2v) is 9.34. The number of nitrogens with zero attached hydrogens (tertiary/aromatic N) is 2. The zero-order valence-electron chi connectivity index (χ0n) is 18.1. The number of hydrogen-bond donors (Lipinski definition) is 1. The minimum Gasteiger partial charge on any atom is -0.444 e. The third-order valence-electron chi connectivity index (χ3n) is 4.48. The SMILES string of the molecule is CC(C)(C)OC(=O)N[C@@H](Cc1ccc(OS(=O)C(F)(F)F)cc1F)C(=O)N1CCC[C@H]1C#N. The zero-order chi connectivity index (χ0) is 25.0. The van der Waals surface area contributed by atoms with E-state index in [0.717, 1.165) is 12.1 Å². The third kappa shape index (κ3) is 7.59. The number of amides is 2. The van der Waals surface area contributed by atoms with Crippen LogP contribution in [-0.4, -0.2) is 50.8 Å². The molecule has 0 aromatic heterocycles. The predicted molar refractivity (Wildman–Crippen MR) is 108 cm³/mol. The molecule has 1 aromatic rings. The van der Waals surface area contributed by atoms with Gasteiger partial charge >= 0.3 is 22.7 Å². The smallest absolute Gasteiger partial charge is 0.444 e. The van der Waals surface area contributed by atoms with Crippen LogP contribution in [0.4, 0.5) is 22.4 Å². The number of ether oxygens (including phenoxy) is 1. The van der Waals surface area contributed by atoms with E-state index < -0.39 is 57.8 Å². The number of nitriles is 1. The molecule has 0 radical (unpaired) electrons. The molecule has 1 unspecified atom stereocenters. The van der Waals surface area contributed by atoms with Crippen molar-refractivity contribution in [1.29, 1.82) is 5.26 Å². The summed E-state index contributed by atoms with van der Waals surface area (Å²) < 4.78 is 72.1. The van der Waals surface area contributed by atoms with E-state index in [-0.39, 0.29) is 18.5 Å². The highest BCUT2D eigenvalue weighted by Gasteiger charge is 2.40. The molecule has 3 atom stereocenters. The van der Waals surface area contributed by atoms with Crippen LogP contribution < -0.4 is 9.50 Å². The Morgan fingerprint density at radius 3 is 2.55 bits per heavy atom. The quantitative estimate of drug-likeness (QED) is 0.609. The van der Waals surface area contributed by atoms with Gasteiger partial charge in [0.1, 0.15) is 29.3 Å². The molecule has 1 saturated heterocycles. The van der Waals surface area contributed by atoms with Gasteiger partial charge in [0.15, 0.2) is 0 Å². The largest absolute Gasteiger partial charge is 0.508 e. The first kappa shape index (κ1) is 26.4. The third-order valence-corrected chi connectivity index (χ3v) is 5.21. The molecule has 2 rings (SSSR count). The van der Waals surface area contributed by atoms with Gasteiger partial charge in [-0.3, -0.25) is 4.79 Å². The number of hydrogen-bond acceptors (Lipinski definition) is 6. The highest BCUT2D eigenvalue weighted by molar-refractivity contribution is 7.81. The molecule has 1 aromatic carbocycles.